The van der Waals surface area contributed by atoms with Crippen molar-refractivity contribution in [3.05, 3.63) is 60.2 Å². The van der Waals surface area contributed by atoms with Crippen molar-refractivity contribution < 1.29 is 14.3 Å². The summed E-state index contributed by atoms with van der Waals surface area (Å²) in [6, 6.07) is 16.9. The van der Waals surface area contributed by atoms with Gasteiger partial charge >= 0.3 is 0 Å². The molecule has 0 heterocycles. The highest BCUT2D eigenvalue weighted by Gasteiger charge is 2.15. The number of amides is 1. The molecular formula is C18H21NO3. The fraction of sp³-hybridized carbons (Fsp3) is 0.278. The van der Waals surface area contributed by atoms with E-state index in [9.17, 15) is 4.79 Å². The van der Waals surface area contributed by atoms with Gasteiger partial charge < -0.3 is 14.4 Å². The van der Waals surface area contributed by atoms with Gasteiger partial charge in [0.25, 0.3) is 5.91 Å². The Morgan fingerprint density at radius 3 is 2.32 bits per heavy atom. The van der Waals surface area contributed by atoms with Crippen LogP contribution in [-0.4, -0.2) is 37.6 Å². The second kappa shape index (κ2) is 8.08. The minimum absolute atomic E-state index is 0.0397. The number of carbonyl (C=O) groups excluding carboxylic acids is 1. The van der Waals surface area contributed by atoms with Gasteiger partial charge in [-0.25, -0.2) is 0 Å². The van der Waals surface area contributed by atoms with Crippen LogP contribution < -0.4 is 9.47 Å². The molecule has 0 aliphatic heterocycles. The maximum absolute atomic E-state index is 12.3. The molecule has 0 fully saturated rings. The molecule has 0 N–H and O–H groups in total. The largest absolute Gasteiger partial charge is 0.490 e. The van der Waals surface area contributed by atoms with Crippen LogP contribution in [-0.2, 0) is 0 Å². The average molecular weight is 299 g/mol. The summed E-state index contributed by atoms with van der Waals surface area (Å²) < 4.78 is 11.3. The predicted octanol–water partition coefficient (Wildman–Crippen LogP) is 3.24. The van der Waals surface area contributed by atoms with Gasteiger partial charge in [0.15, 0.2) is 0 Å². The Labute approximate surface area is 131 Å². The summed E-state index contributed by atoms with van der Waals surface area (Å²) in [6.45, 7) is 3.41. The van der Waals surface area contributed by atoms with E-state index in [1.807, 2.05) is 49.4 Å². The van der Waals surface area contributed by atoms with Crippen molar-refractivity contribution in [2.45, 2.75) is 6.92 Å². The van der Waals surface area contributed by atoms with E-state index in [4.69, 9.17) is 9.47 Å². The number of ether oxygens (including phenoxy) is 2. The molecular weight excluding hydrogens is 278 g/mol. The van der Waals surface area contributed by atoms with E-state index in [1.165, 1.54) is 0 Å². The van der Waals surface area contributed by atoms with Gasteiger partial charge in [-0.1, -0.05) is 30.3 Å². The highest BCUT2D eigenvalue weighted by Crippen LogP contribution is 2.19. The fourth-order valence-corrected chi connectivity index (χ4v) is 1.95. The third kappa shape index (κ3) is 4.25. The number of rotatable bonds is 7. The monoisotopic (exact) mass is 299 g/mol. The first kappa shape index (κ1) is 15.9. The summed E-state index contributed by atoms with van der Waals surface area (Å²) in [7, 11) is 1.78. The molecule has 0 saturated heterocycles. The number of benzene rings is 2. The van der Waals surface area contributed by atoms with Crippen molar-refractivity contribution in [1.29, 1.82) is 0 Å². The SMILES string of the molecule is CCN(C)C(=O)c1ccccc1OCCOc1ccccc1. The van der Waals surface area contributed by atoms with Crippen molar-refractivity contribution in [1.82, 2.24) is 4.90 Å². The molecule has 0 aliphatic carbocycles. The Kier molecular flexibility index (Phi) is 5.83. The van der Waals surface area contributed by atoms with Crippen molar-refractivity contribution in [2.75, 3.05) is 26.8 Å². The quantitative estimate of drug-likeness (QED) is 0.737. The zero-order valence-electron chi connectivity index (χ0n) is 13.0. The van der Waals surface area contributed by atoms with Crippen LogP contribution in [0.5, 0.6) is 11.5 Å². The highest BCUT2D eigenvalue weighted by molar-refractivity contribution is 5.96. The molecule has 0 unspecified atom stereocenters. The van der Waals surface area contributed by atoms with Crippen LogP contribution in [0.2, 0.25) is 0 Å². The van der Waals surface area contributed by atoms with Crippen LogP contribution in [0.15, 0.2) is 54.6 Å². The molecule has 0 aliphatic rings. The molecule has 22 heavy (non-hydrogen) atoms. The third-order valence-corrected chi connectivity index (χ3v) is 3.29. The molecule has 0 atom stereocenters. The maximum Gasteiger partial charge on any atom is 0.257 e. The molecule has 0 spiro atoms. The summed E-state index contributed by atoms with van der Waals surface area (Å²) in [5.74, 6) is 1.35. The van der Waals surface area contributed by atoms with E-state index in [0.29, 0.717) is 31.1 Å². The predicted molar refractivity (Wildman–Crippen MR) is 86.5 cm³/mol. The number of hydrogen-bond acceptors (Lipinski definition) is 3. The molecule has 1 amide bonds. The van der Waals surface area contributed by atoms with E-state index in [2.05, 4.69) is 0 Å². The Balaban J connectivity index is 1.91. The van der Waals surface area contributed by atoms with Gasteiger partial charge in [-0.3, -0.25) is 4.79 Å². The number of carbonyl (C=O) groups is 1. The molecule has 0 radical (unpaired) electrons. The maximum atomic E-state index is 12.3. The second-order valence-corrected chi connectivity index (χ2v) is 4.83. The Hall–Kier alpha value is -2.49. The molecule has 4 heteroatoms. The molecule has 116 valence electrons. The Bertz CT molecular complexity index is 598. The molecule has 2 rings (SSSR count). The topological polar surface area (TPSA) is 38.8 Å². The van der Waals surface area contributed by atoms with Crippen molar-refractivity contribution in [2.24, 2.45) is 0 Å². The lowest BCUT2D eigenvalue weighted by atomic mass is 10.2. The molecule has 0 bridgehead atoms. The number of nitrogens with zero attached hydrogens (tertiary/aromatic N) is 1. The molecule has 2 aromatic carbocycles. The van der Waals surface area contributed by atoms with E-state index >= 15 is 0 Å². The summed E-state index contributed by atoms with van der Waals surface area (Å²) in [4.78, 5) is 13.9. The van der Waals surface area contributed by atoms with Crippen LogP contribution >= 0.6 is 0 Å². The first-order valence-corrected chi connectivity index (χ1v) is 7.37. The van der Waals surface area contributed by atoms with E-state index < -0.39 is 0 Å². The number of hydrogen-bond donors (Lipinski definition) is 0. The van der Waals surface area contributed by atoms with Crippen LogP contribution in [0, 0.1) is 0 Å². The van der Waals surface area contributed by atoms with Crippen molar-refractivity contribution >= 4 is 5.91 Å². The molecule has 0 saturated carbocycles. The lowest BCUT2D eigenvalue weighted by molar-refractivity contribution is 0.0797. The van der Waals surface area contributed by atoms with Gasteiger partial charge in [0, 0.05) is 13.6 Å². The number of para-hydroxylation sites is 2. The highest BCUT2D eigenvalue weighted by atomic mass is 16.5. The fourth-order valence-electron chi connectivity index (χ4n) is 1.95. The molecule has 4 nitrogen and oxygen atoms in total. The first-order valence-electron chi connectivity index (χ1n) is 7.37. The lowest BCUT2D eigenvalue weighted by Gasteiger charge is -2.17. The minimum Gasteiger partial charge on any atom is -0.490 e. The second-order valence-electron chi connectivity index (χ2n) is 4.83. The van der Waals surface area contributed by atoms with Gasteiger partial charge in [-0.15, -0.1) is 0 Å². The van der Waals surface area contributed by atoms with Gasteiger partial charge in [0.1, 0.15) is 24.7 Å². The molecule has 2 aromatic rings. The van der Waals surface area contributed by atoms with Gasteiger partial charge in [0.2, 0.25) is 0 Å². The first-order chi connectivity index (χ1) is 10.7. The molecule has 0 aromatic heterocycles. The minimum atomic E-state index is -0.0397. The zero-order chi connectivity index (χ0) is 15.8. The van der Waals surface area contributed by atoms with E-state index in [-0.39, 0.29) is 5.91 Å². The van der Waals surface area contributed by atoms with Crippen molar-refractivity contribution in [3.8, 4) is 11.5 Å². The van der Waals surface area contributed by atoms with E-state index in [1.54, 1.807) is 24.1 Å². The summed E-state index contributed by atoms with van der Waals surface area (Å²) in [5.41, 5.74) is 0.576. The average Bonchev–Trinajstić information content (AvgIpc) is 2.58. The normalized spacial score (nSPS) is 10.1. The van der Waals surface area contributed by atoms with Crippen LogP contribution in [0.25, 0.3) is 0 Å². The Morgan fingerprint density at radius 2 is 1.59 bits per heavy atom. The van der Waals surface area contributed by atoms with Crippen LogP contribution in [0.1, 0.15) is 17.3 Å². The standard InChI is InChI=1S/C18H21NO3/c1-3-19(2)18(20)16-11-7-8-12-17(16)22-14-13-21-15-9-5-4-6-10-15/h4-12H,3,13-14H2,1-2H3. The smallest absolute Gasteiger partial charge is 0.257 e. The summed E-state index contributed by atoms with van der Waals surface area (Å²) in [5, 5.41) is 0. The summed E-state index contributed by atoms with van der Waals surface area (Å²) >= 11 is 0. The summed E-state index contributed by atoms with van der Waals surface area (Å²) in [6.07, 6.45) is 0. The Morgan fingerprint density at radius 1 is 0.955 bits per heavy atom. The van der Waals surface area contributed by atoms with Crippen LogP contribution in [0.3, 0.4) is 0 Å². The lowest BCUT2D eigenvalue weighted by Crippen LogP contribution is -2.26. The third-order valence-electron chi connectivity index (χ3n) is 3.29. The van der Waals surface area contributed by atoms with E-state index in [0.717, 1.165) is 5.75 Å². The van der Waals surface area contributed by atoms with Crippen LogP contribution in [0.4, 0.5) is 0 Å². The van der Waals surface area contributed by atoms with Gasteiger partial charge in [-0.05, 0) is 31.2 Å². The zero-order valence-corrected chi connectivity index (χ0v) is 13.0. The van der Waals surface area contributed by atoms with Gasteiger partial charge in [0.05, 0.1) is 5.56 Å². The van der Waals surface area contributed by atoms with Crippen molar-refractivity contribution in [3.63, 3.8) is 0 Å². The van der Waals surface area contributed by atoms with Gasteiger partial charge in [-0.2, -0.15) is 0 Å².